The van der Waals surface area contributed by atoms with Crippen LogP contribution in [0.15, 0.2) is 24.3 Å². The van der Waals surface area contributed by atoms with Gasteiger partial charge in [0.2, 0.25) is 0 Å². The van der Waals surface area contributed by atoms with Crippen molar-refractivity contribution in [2.45, 2.75) is 9.65 Å². The fourth-order valence-corrected chi connectivity index (χ4v) is 7.01. The van der Waals surface area contributed by atoms with Gasteiger partial charge in [-0.2, -0.15) is 0 Å². The Morgan fingerprint density at radius 1 is 0.655 bits per heavy atom. The Kier molecular flexibility index (Phi) is 4.90. The molecule has 0 aliphatic heterocycles. The number of Topliss-reactive ketones (excluding diaryl/α,β-unsaturated/α-hetero) is 2. The van der Waals surface area contributed by atoms with E-state index >= 15 is 0 Å². The molecule has 6 nitrogen and oxygen atoms in total. The SMILES string of the molecule is COc1ccc(OC)c2c1C(=O)C1(C(=O)c3c(OC)ccc(OC)c3C1Br)C2Br. The Morgan fingerprint density at radius 2 is 0.966 bits per heavy atom. The van der Waals surface area contributed by atoms with Gasteiger partial charge >= 0.3 is 0 Å². The molecule has 8 heteroatoms. The molecule has 0 fully saturated rings. The van der Waals surface area contributed by atoms with E-state index in [0.717, 1.165) is 0 Å². The summed E-state index contributed by atoms with van der Waals surface area (Å²) < 4.78 is 21.9. The first-order chi connectivity index (χ1) is 13.9. The molecule has 0 bridgehead atoms. The third-order valence-corrected chi connectivity index (χ3v) is 8.09. The zero-order valence-electron chi connectivity index (χ0n) is 16.2. The number of methoxy groups -OCH3 is 4. The van der Waals surface area contributed by atoms with E-state index in [-0.39, 0.29) is 11.6 Å². The smallest absolute Gasteiger partial charge is 0.183 e. The Labute approximate surface area is 184 Å². The van der Waals surface area contributed by atoms with E-state index in [9.17, 15) is 9.59 Å². The number of fused-ring (bicyclic) bond motifs is 2. The van der Waals surface area contributed by atoms with Gasteiger partial charge in [0.25, 0.3) is 0 Å². The summed E-state index contributed by atoms with van der Waals surface area (Å²) in [5.41, 5.74) is 0.421. The predicted octanol–water partition coefficient (Wildman–Crippen LogP) is 4.67. The molecule has 29 heavy (non-hydrogen) atoms. The first kappa shape index (κ1) is 20.2. The fourth-order valence-electron chi connectivity index (χ4n) is 4.39. The number of ketones is 2. The highest BCUT2D eigenvalue weighted by Crippen LogP contribution is 2.69. The van der Waals surface area contributed by atoms with Crippen molar-refractivity contribution >= 4 is 43.4 Å². The molecule has 2 unspecified atom stereocenters. The monoisotopic (exact) mass is 524 g/mol. The van der Waals surface area contributed by atoms with Crippen LogP contribution in [0.25, 0.3) is 0 Å². The van der Waals surface area contributed by atoms with Gasteiger partial charge in [0.05, 0.1) is 49.2 Å². The second kappa shape index (κ2) is 7.02. The van der Waals surface area contributed by atoms with Gasteiger partial charge in [-0.25, -0.2) is 0 Å². The highest BCUT2D eigenvalue weighted by atomic mass is 79.9. The summed E-state index contributed by atoms with van der Waals surface area (Å²) in [6.07, 6.45) is 0. The molecule has 2 atom stereocenters. The lowest BCUT2D eigenvalue weighted by Crippen LogP contribution is -2.37. The molecule has 0 amide bonds. The van der Waals surface area contributed by atoms with Crippen molar-refractivity contribution in [3.63, 3.8) is 0 Å². The van der Waals surface area contributed by atoms with Gasteiger partial charge in [-0.3, -0.25) is 9.59 Å². The molecule has 0 heterocycles. The Morgan fingerprint density at radius 3 is 1.28 bits per heavy atom. The number of carbonyl (C=O) groups excluding carboxylic acids is 2. The number of benzene rings is 2. The van der Waals surface area contributed by atoms with Crippen molar-refractivity contribution < 1.29 is 28.5 Å². The molecule has 0 saturated carbocycles. The summed E-state index contributed by atoms with van der Waals surface area (Å²) in [4.78, 5) is 26.5. The Hall–Kier alpha value is -2.06. The summed E-state index contributed by atoms with van der Waals surface area (Å²) in [6.45, 7) is 0. The topological polar surface area (TPSA) is 71.1 Å². The van der Waals surface area contributed by atoms with E-state index in [2.05, 4.69) is 31.9 Å². The summed E-state index contributed by atoms with van der Waals surface area (Å²) >= 11 is 7.32. The first-order valence-electron chi connectivity index (χ1n) is 8.77. The average molecular weight is 526 g/mol. The summed E-state index contributed by atoms with van der Waals surface area (Å²) in [7, 11) is 6.04. The number of alkyl halides is 2. The van der Waals surface area contributed by atoms with Crippen LogP contribution in [0.3, 0.4) is 0 Å². The zero-order valence-corrected chi connectivity index (χ0v) is 19.3. The van der Waals surface area contributed by atoms with E-state index < -0.39 is 15.1 Å². The van der Waals surface area contributed by atoms with Gasteiger partial charge in [0.15, 0.2) is 11.6 Å². The Bertz CT molecular complexity index is 964. The summed E-state index contributed by atoms with van der Waals surface area (Å²) in [5, 5.41) is 0. The summed E-state index contributed by atoms with van der Waals surface area (Å²) in [6, 6.07) is 6.81. The molecular formula is C21H18Br2O6. The minimum atomic E-state index is -1.46. The Balaban J connectivity index is 2.03. The molecule has 2 aliphatic carbocycles. The van der Waals surface area contributed by atoms with Crippen molar-refractivity contribution in [3.05, 3.63) is 46.5 Å². The standard InChI is InChI=1S/C21H18Br2O6/c1-26-9-5-7-11(28-3)15-13(9)17(22)21(19(15)24)18(23)14-10(27-2)6-8-12(29-4)16(14)20(21)25/h5-8,17-18H,1-4H3. The third-order valence-electron chi connectivity index (χ3n) is 5.73. The minimum absolute atomic E-state index is 0.336. The van der Waals surface area contributed by atoms with Gasteiger partial charge < -0.3 is 18.9 Å². The quantitative estimate of drug-likeness (QED) is 0.426. The number of halogens is 2. The number of hydrogen-bond acceptors (Lipinski definition) is 6. The number of rotatable bonds is 4. The lowest BCUT2D eigenvalue weighted by atomic mass is 9.79. The minimum Gasteiger partial charge on any atom is -0.496 e. The maximum atomic E-state index is 13.9. The lowest BCUT2D eigenvalue weighted by Gasteiger charge is -2.28. The normalized spacial score (nSPS) is 24.5. The molecule has 0 radical (unpaired) electrons. The largest absolute Gasteiger partial charge is 0.496 e. The number of ether oxygens (including phenoxy) is 4. The van der Waals surface area contributed by atoms with Gasteiger partial charge in [0, 0.05) is 11.1 Å². The molecule has 4 rings (SSSR count). The van der Waals surface area contributed by atoms with Crippen LogP contribution in [0.5, 0.6) is 23.0 Å². The first-order valence-corrected chi connectivity index (χ1v) is 10.6. The van der Waals surface area contributed by atoms with Crippen LogP contribution in [0.1, 0.15) is 41.5 Å². The van der Waals surface area contributed by atoms with Crippen molar-refractivity contribution in [1.82, 2.24) is 0 Å². The molecule has 1 spiro atoms. The van der Waals surface area contributed by atoms with Crippen LogP contribution in [0.2, 0.25) is 0 Å². The van der Waals surface area contributed by atoms with Crippen molar-refractivity contribution in [1.29, 1.82) is 0 Å². The highest BCUT2D eigenvalue weighted by molar-refractivity contribution is 9.10. The van der Waals surface area contributed by atoms with Gasteiger partial charge in [-0.1, -0.05) is 31.9 Å². The summed E-state index contributed by atoms with van der Waals surface area (Å²) in [5.74, 6) is 1.14. The molecule has 152 valence electrons. The van der Waals surface area contributed by atoms with Crippen LogP contribution in [-0.4, -0.2) is 40.0 Å². The highest BCUT2D eigenvalue weighted by Gasteiger charge is 2.68. The van der Waals surface area contributed by atoms with E-state index in [1.54, 1.807) is 24.3 Å². The van der Waals surface area contributed by atoms with E-state index in [4.69, 9.17) is 18.9 Å². The number of carbonyl (C=O) groups is 2. The van der Waals surface area contributed by atoms with Crippen LogP contribution in [0, 0.1) is 5.41 Å². The molecule has 2 aromatic carbocycles. The molecule has 0 saturated heterocycles. The second-order valence-electron chi connectivity index (χ2n) is 6.77. The fraction of sp³-hybridized carbons (Fsp3) is 0.333. The van der Waals surface area contributed by atoms with E-state index in [1.165, 1.54) is 28.4 Å². The molecular weight excluding hydrogens is 508 g/mol. The maximum Gasteiger partial charge on any atom is 0.183 e. The average Bonchev–Trinajstić information content (AvgIpc) is 3.13. The van der Waals surface area contributed by atoms with Crippen LogP contribution in [0.4, 0.5) is 0 Å². The van der Waals surface area contributed by atoms with Gasteiger partial charge in [-0.05, 0) is 24.3 Å². The lowest BCUT2D eigenvalue weighted by molar-refractivity contribution is 0.0700. The van der Waals surface area contributed by atoms with Crippen LogP contribution >= 0.6 is 31.9 Å². The molecule has 2 aliphatic rings. The van der Waals surface area contributed by atoms with E-state index in [1.807, 2.05) is 0 Å². The maximum absolute atomic E-state index is 13.9. The molecule has 2 aromatic rings. The zero-order chi connectivity index (χ0) is 21.1. The number of hydrogen-bond donors (Lipinski definition) is 0. The van der Waals surface area contributed by atoms with Crippen LogP contribution < -0.4 is 18.9 Å². The van der Waals surface area contributed by atoms with Crippen molar-refractivity contribution in [2.75, 3.05) is 28.4 Å². The second-order valence-corrected chi connectivity index (χ2v) is 8.60. The molecule has 0 N–H and O–H groups in total. The van der Waals surface area contributed by atoms with E-state index in [0.29, 0.717) is 45.3 Å². The predicted molar refractivity (Wildman–Crippen MR) is 114 cm³/mol. The molecule has 0 aromatic heterocycles. The van der Waals surface area contributed by atoms with Crippen molar-refractivity contribution in [3.8, 4) is 23.0 Å². The van der Waals surface area contributed by atoms with Crippen molar-refractivity contribution in [2.24, 2.45) is 5.41 Å². The van der Waals surface area contributed by atoms with Gasteiger partial charge in [-0.15, -0.1) is 0 Å². The van der Waals surface area contributed by atoms with Gasteiger partial charge in [0.1, 0.15) is 28.4 Å². The van der Waals surface area contributed by atoms with Crippen LogP contribution in [-0.2, 0) is 0 Å². The third kappa shape index (κ3) is 2.33.